The van der Waals surface area contributed by atoms with Crippen LogP contribution in [0.5, 0.6) is 0 Å². The van der Waals surface area contributed by atoms with Crippen molar-refractivity contribution < 1.29 is 24.5 Å². The van der Waals surface area contributed by atoms with Crippen LogP contribution in [-0.4, -0.2) is 47.4 Å². The average molecular weight is 802 g/mol. The van der Waals surface area contributed by atoms with Gasteiger partial charge in [0.2, 0.25) is 5.91 Å². The maximum atomic E-state index is 12.4. The van der Waals surface area contributed by atoms with Gasteiger partial charge in [-0.2, -0.15) is 0 Å². The second kappa shape index (κ2) is 46.8. The number of ether oxygens (including phenoxy) is 1. The number of hydrogen-bond acceptors (Lipinski definition) is 5. The molecule has 0 aliphatic carbocycles. The SMILES string of the molecule is CCCCCCCCC/C=C\CCCCCCCC(=O)OCCCCCCCC/C=C\C/C=C\CCC(=O)NC(CO)C(O)CCCCCCCCCCCCC. The van der Waals surface area contributed by atoms with Gasteiger partial charge in [0.15, 0.2) is 0 Å². The normalized spacial score (nSPS) is 13.0. The van der Waals surface area contributed by atoms with Crippen LogP contribution in [0.2, 0.25) is 0 Å². The number of aliphatic hydroxyl groups excluding tert-OH is 2. The second-order valence-electron chi connectivity index (χ2n) is 16.8. The van der Waals surface area contributed by atoms with E-state index in [2.05, 4.69) is 49.5 Å². The van der Waals surface area contributed by atoms with Crippen LogP contribution in [0.3, 0.4) is 0 Å². The van der Waals surface area contributed by atoms with Crippen molar-refractivity contribution in [3.63, 3.8) is 0 Å². The average Bonchev–Trinajstić information content (AvgIpc) is 3.21. The molecule has 3 N–H and O–H groups in total. The molecule has 0 radical (unpaired) electrons. The van der Waals surface area contributed by atoms with Gasteiger partial charge < -0.3 is 20.3 Å². The van der Waals surface area contributed by atoms with Gasteiger partial charge in [-0.25, -0.2) is 0 Å². The fraction of sp³-hybridized carbons (Fsp3) is 0.843. The molecule has 0 spiro atoms. The van der Waals surface area contributed by atoms with Crippen LogP contribution < -0.4 is 5.32 Å². The topological polar surface area (TPSA) is 95.9 Å². The Bertz CT molecular complexity index is 931. The van der Waals surface area contributed by atoms with Crippen molar-refractivity contribution in [2.45, 2.75) is 264 Å². The number of nitrogens with one attached hydrogen (secondary N) is 1. The van der Waals surface area contributed by atoms with Gasteiger partial charge in [-0.3, -0.25) is 9.59 Å². The third-order valence-electron chi connectivity index (χ3n) is 11.2. The first-order valence-electron chi connectivity index (χ1n) is 24.7. The molecule has 0 bridgehead atoms. The number of hydrogen-bond donors (Lipinski definition) is 3. The van der Waals surface area contributed by atoms with Crippen molar-refractivity contribution in [3.05, 3.63) is 36.5 Å². The molecule has 334 valence electrons. The van der Waals surface area contributed by atoms with Gasteiger partial charge in [-0.15, -0.1) is 0 Å². The lowest BCUT2D eigenvalue weighted by Gasteiger charge is -2.22. The molecule has 0 heterocycles. The van der Waals surface area contributed by atoms with Crippen LogP contribution >= 0.6 is 0 Å². The minimum atomic E-state index is -0.698. The first-order valence-corrected chi connectivity index (χ1v) is 24.7. The van der Waals surface area contributed by atoms with Gasteiger partial charge in [-0.05, 0) is 70.6 Å². The Morgan fingerprint density at radius 3 is 1.39 bits per heavy atom. The van der Waals surface area contributed by atoms with Gasteiger partial charge >= 0.3 is 5.97 Å². The highest BCUT2D eigenvalue weighted by Gasteiger charge is 2.19. The van der Waals surface area contributed by atoms with Crippen LogP contribution in [0, 0.1) is 0 Å². The summed E-state index contributed by atoms with van der Waals surface area (Å²) in [6.07, 6.45) is 55.5. The highest BCUT2D eigenvalue weighted by Crippen LogP contribution is 2.15. The zero-order chi connectivity index (χ0) is 41.5. The molecule has 0 aromatic heterocycles. The first kappa shape index (κ1) is 55.1. The zero-order valence-corrected chi connectivity index (χ0v) is 37.8. The van der Waals surface area contributed by atoms with Gasteiger partial charge in [0.25, 0.3) is 0 Å². The number of unbranched alkanes of at least 4 members (excludes halogenated alkanes) is 28. The first-order chi connectivity index (χ1) is 28.0. The van der Waals surface area contributed by atoms with Crippen LogP contribution in [0.4, 0.5) is 0 Å². The lowest BCUT2D eigenvalue weighted by Crippen LogP contribution is -2.45. The van der Waals surface area contributed by atoms with E-state index >= 15 is 0 Å². The summed E-state index contributed by atoms with van der Waals surface area (Å²) in [5.41, 5.74) is 0. The molecule has 6 nitrogen and oxygen atoms in total. The summed E-state index contributed by atoms with van der Waals surface area (Å²) in [4.78, 5) is 24.4. The second-order valence-corrected chi connectivity index (χ2v) is 16.8. The van der Waals surface area contributed by atoms with Crippen LogP contribution in [0.1, 0.15) is 251 Å². The molecular formula is C51H95NO5. The number of amides is 1. The van der Waals surface area contributed by atoms with E-state index in [4.69, 9.17) is 4.74 Å². The van der Waals surface area contributed by atoms with Crippen molar-refractivity contribution in [1.29, 1.82) is 0 Å². The van der Waals surface area contributed by atoms with Gasteiger partial charge in [-0.1, -0.05) is 204 Å². The van der Waals surface area contributed by atoms with E-state index in [-0.39, 0.29) is 18.5 Å². The largest absolute Gasteiger partial charge is 0.466 e. The minimum Gasteiger partial charge on any atom is -0.466 e. The van der Waals surface area contributed by atoms with E-state index in [1.807, 2.05) is 6.08 Å². The predicted molar refractivity (Wildman–Crippen MR) is 246 cm³/mol. The molecule has 0 fully saturated rings. The van der Waals surface area contributed by atoms with Crippen molar-refractivity contribution in [1.82, 2.24) is 5.32 Å². The molecule has 0 saturated carbocycles. The number of carbonyl (C=O) groups is 2. The van der Waals surface area contributed by atoms with Crippen molar-refractivity contribution >= 4 is 11.9 Å². The highest BCUT2D eigenvalue weighted by atomic mass is 16.5. The number of carbonyl (C=O) groups excluding carboxylic acids is 2. The fourth-order valence-corrected chi connectivity index (χ4v) is 7.33. The fourth-order valence-electron chi connectivity index (χ4n) is 7.33. The highest BCUT2D eigenvalue weighted by molar-refractivity contribution is 5.76. The Balaban J connectivity index is 3.54. The van der Waals surface area contributed by atoms with Crippen molar-refractivity contribution in [2.75, 3.05) is 13.2 Å². The monoisotopic (exact) mass is 802 g/mol. The summed E-state index contributed by atoms with van der Waals surface area (Å²) in [7, 11) is 0. The van der Waals surface area contributed by atoms with Gasteiger partial charge in [0.05, 0.1) is 25.4 Å². The number of aliphatic hydroxyl groups is 2. The third-order valence-corrected chi connectivity index (χ3v) is 11.2. The number of allylic oxidation sites excluding steroid dienone is 6. The quantitative estimate of drug-likeness (QED) is 0.0324. The lowest BCUT2D eigenvalue weighted by molar-refractivity contribution is -0.143. The third kappa shape index (κ3) is 43.5. The predicted octanol–water partition coefficient (Wildman–Crippen LogP) is 14.5. The maximum absolute atomic E-state index is 12.4. The van der Waals surface area contributed by atoms with Crippen molar-refractivity contribution in [3.8, 4) is 0 Å². The summed E-state index contributed by atoms with van der Waals surface area (Å²) in [6.45, 7) is 4.86. The van der Waals surface area contributed by atoms with E-state index in [1.165, 1.54) is 161 Å². The summed E-state index contributed by atoms with van der Waals surface area (Å²) in [5, 5.41) is 23.0. The Kier molecular flexibility index (Phi) is 45.2. The summed E-state index contributed by atoms with van der Waals surface area (Å²) >= 11 is 0. The molecule has 2 atom stereocenters. The zero-order valence-electron chi connectivity index (χ0n) is 37.8. The van der Waals surface area contributed by atoms with Crippen LogP contribution in [-0.2, 0) is 14.3 Å². The summed E-state index contributed by atoms with van der Waals surface area (Å²) in [5.74, 6) is -0.143. The Morgan fingerprint density at radius 1 is 0.491 bits per heavy atom. The maximum Gasteiger partial charge on any atom is 0.305 e. The Labute approximate surface area is 353 Å². The van der Waals surface area contributed by atoms with Crippen LogP contribution in [0.25, 0.3) is 0 Å². The molecule has 0 rings (SSSR count). The summed E-state index contributed by atoms with van der Waals surface area (Å²) in [6, 6.07) is -0.584. The molecule has 0 aromatic carbocycles. The molecule has 57 heavy (non-hydrogen) atoms. The standard InChI is InChI=1S/C51H95NO5/c1-3-5-7-9-11-13-15-16-17-18-21-25-29-33-37-41-45-51(56)57-46-42-38-34-30-26-22-19-20-24-28-32-36-40-44-50(55)52-48(47-53)49(54)43-39-35-31-27-23-14-12-10-8-6-4-2/h17-18,20,24,32,36,48-49,53-54H,3-16,19,21-23,25-31,33-35,37-47H2,1-2H3,(H,52,55)/b18-17-,24-20-,36-32-. The number of rotatable bonds is 45. The van der Waals surface area contributed by atoms with Gasteiger partial charge in [0, 0.05) is 12.8 Å². The number of esters is 1. The molecule has 2 unspecified atom stereocenters. The van der Waals surface area contributed by atoms with E-state index in [9.17, 15) is 19.8 Å². The molecule has 0 aromatic rings. The lowest BCUT2D eigenvalue weighted by atomic mass is 10.0. The van der Waals surface area contributed by atoms with Crippen LogP contribution in [0.15, 0.2) is 36.5 Å². The smallest absolute Gasteiger partial charge is 0.305 e. The van der Waals surface area contributed by atoms with E-state index in [1.54, 1.807) is 0 Å². The van der Waals surface area contributed by atoms with E-state index in [0.717, 1.165) is 51.4 Å². The molecule has 0 aliphatic rings. The minimum absolute atomic E-state index is 0.0252. The van der Waals surface area contributed by atoms with Gasteiger partial charge in [0.1, 0.15) is 0 Å². The van der Waals surface area contributed by atoms with Crippen molar-refractivity contribution in [2.24, 2.45) is 0 Å². The molecule has 1 amide bonds. The van der Waals surface area contributed by atoms with E-state index in [0.29, 0.717) is 32.3 Å². The molecule has 0 aliphatic heterocycles. The van der Waals surface area contributed by atoms with E-state index < -0.39 is 12.1 Å². The Hall–Kier alpha value is -1.92. The Morgan fingerprint density at radius 2 is 0.895 bits per heavy atom. The molecular weight excluding hydrogens is 707 g/mol. The summed E-state index contributed by atoms with van der Waals surface area (Å²) < 4.78 is 5.45. The molecule has 0 saturated heterocycles. The molecule has 6 heteroatoms.